The topological polar surface area (TPSA) is 81.7 Å². The number of ketones is 1. The highest BCUT2D eigenvalue weighted by Gasteiger charge is 2.31. The lowest BCUT2D eigenvalue weighted by molar-refractivity contribution is -0.118. The first-order chi connectivity index (χ1) is 12.9. The molecular formula is C19H17NO5S. The first kappa shape index (κ1) is 16.7. The zero-order valence-corrected chi connectivity index (χ0v) is 14.8. The summed E-state index contributed by atoms with van der Waals surface area (Å²) in [5.74, 6) is 0.304. The number of amides is 2. The van der Waals surface area contributed by atoms with Gasteiger partial charge in [-0.2, -0.15) is 0 Å². The van der Waals surface area contributed by atoms with Gasteiger partial charge in [-0.3, -0.25) is 19.7 Å². The number of rotatable bonds is 7. The summed E-state index contributed by atoms with van der Waals surface area (Å²) in [6.45, 7) is -0.123. The van der Waals surface area contributed by atoms with Gasteiger partial charge in [0, 0.05) is 5.56 Å². The van der Waals surface area contributed by atoms with Crippen LogP contribution < -0.4 is 14.8 Å². The van der Waals surface area contributed by atoms with Crippen LogP contribution in [0.5, 0.6) is 11.5 Å². The molecule has 1 fully saturated rings. The summed E-state index contributed by atoms with van der Waals surface area (Å²) in [4.78, 5) is 35.2. The van der Waals surface area contributed by atoms with Crippen molar-refractivity contribution in [1.82, 2.24) is 5.32 Å². The minimum atomic E-state index is -1.55. The van der Waals surface area contributed by atoms with Gasteiger partial charge in [0.1, 0.15) is 11.5 Å². The Morgan fingerprint density at radius 2 is 1.96 bits per heavy atom. The zero-order chi connectivity index (χ0) is 19.4. The van der Waals surface area contributed by atoms with E-state index < -0.39 is 16.4 Å². The van der Waals surface area contributed by atoms with E-state index in [-0.39, 0.29) is 18.8 Å². The van der Waals surface area contributed by atoms with Gasteiger partial charge in [-0.25, -0.2) is 0 Å². The number of hydrogen-bond acceptors (Lipinski definition) is 6. The second-order valence-electron chi connectivity index (χ2n) is 5.53. The third-order valence-corrected chi connectivity index (χ3v) is 4.60. The van der Waals surface area contributed by atoms with Crippen LogP contribution in [-0.2, 0) is 11.2 Å². The Morgan fingerprint density at radius 1 is 1.19 bits per heavy atom. The Balaban J connectivity index is 1.58. The third-order valence-electron chi connectivity index (χ3n) is 3.73. The highest BCUT2D eigenvalue weighted by Crippen LogP contribution is 2.24. The summed E-state index contributed by atoms with van der Waals surface area (Å²) in [5.41, 5.74) is 1.21. The highest BCUT2D eigenvalue weighted by molar-refractivity contribution is 8.15. The van der Waals surface area contributed by atoms with Crippen LogP contribution in [0.4, 0.5) is 4.79 Å². The van der Waals surface area contributed by atoms with Gasteiger partial charge in [0.25, 0.3) is 5.24 Å². The SMILES string of the molecule is [2H]C1(Cc2ccc(OCC(=O)c3cccc(OC)c3)cc2)SC(=O)NC1=O. The molecular weight excluding hydrogens is 354 g/mol. The van der Waals surface area contributed by atoms with Crippen molar-refractivity contribution in [3.8, 4) is 11.5 Å². The van der Waals surface area contributed by atoms with E-state index in [1.54, 1.807) is 48.5 Å². The lowest BCUT2D eigenvalue weighted by Gasteiger charge is -2.09. The van der Waals surface area contributed by atoms with E-state index in [1.807, 2.05) is 0 Å². The number of thioether (sulfide) groups is 1. The second kappa shape index (κ2) is 8.05. The van der Waals surface area contributed by atoms with Gasteiger partial charge in [0.2, 0.25) is 5.91 Å². The van der Waals surface area contributed by atoms with Gasteiger partial charge in [0.15, 0.2) is 12.4 Å². The van der Waals surface area contributed by atoms with E-state index >= 15 is 0 Å². The first-order valence-corrected chi connectivity index (χ1v) is 8.65. The molecule has 2 amide bonds. The molecule has 2 aromatic rings. The van der Waals surface area contributed by atoms with Crippen molar-refractivity contribution in [2.75, 3.05) is 13.7 Å². The van der Waals surface area contributed by atoms with Crippen LogP contribution in [0.3, 0.4) is 0 Å². The molecule has 1 atom stereocenters. The van der Waals surface area contributed by atoms with E-state index in [0.29, 0.717) is 34.4 Å². The van der Waals surface area contributed by atoms with Crippen molar-refractivity contribution in [1.29, 1.82) is 0 Å². The molecule has 7 heteroatoms. The number of ether oxygens (including phenoxy) is 2. The summed E-state index contributed by atoms with van der Waals surface area (Å²) >= 11 is 0.671. The van der Waals surface area contributed by atoms with Crippen molar-refractivity contribution in [2.45, 2.75) is 11.6 Å². The normalized spacial score (nSPS) is 19.7. The van der Waals surface area contributed by atoms with Gasteiger partial charge in [-0.15, -0.1) is 0 Å². The van der Waals surface area contributed by atoms with Gasteiger partial charge >= 0.3 is 0 Å². The standard InChI is InChI=1S/C19H17NO5S/c1-24-15-4-2-3-13(10-15)16(21)11-25-14-7-5-12(6-8-14)9-17-18(22)20-19(23)26-17/h2-8,10,17H,9,11H2,1H3,(H,20,22,23)/i17D. The van der Waals surface area contributed by atoms with E-state index in [1.165, 1.54) is 7.11 Å². The number of imide groups is 1. The Labute approximate surface area is 156 Å². The fourth-order valence-corrected chi connectivity index (χ4v) is 3.13. The van der Waals surface area contributed by atoms with Crippen molar-refractivity contribution in [2.24, 2.45) is 0 Å². The van der Waals surface area contributed by atoms with E-state index in [0.717, 1.165) is 0 Å². The largest absolute Gasteiger partial charge is 0.497 e. The minimum Gasteiger partial charge on any atom is -0.497 e. The fourth-order valence-electron chi connectivity index (χ4n) is 2.38. The lowest BCUT2D eigenvalue weighted by atomic mass is 10.1. The maximum Gasteiger partial charge on any atom is 0.286 e. The Bertz CT molecular complexity index is 886. The number of carbonyl (C=O) groups excluding carboxylic acids is 3. The molecule has 0 bridgehead atoms. The number of nitrogens with one attached hydrogen (secondary N) is 1. The smallest absolute Gasteiger partial charge is 0.286 e. The molecule has 1 aliphatic rings. The summed E-state index contributed by atoms with van der Waals surface area (Å²) in [5, 5.41) is 0.0598. The summed E-state index contributed by atoms with van der Waals surface area (Å²) in [7, 11) is 1.53. The summed E-state index contributed by atoms with van der Waals surface area (Å²) in [6.07, 6.45) is 0.0955. The molecule has 1 aliphatic heterocycles. The van der Waals surface area contributed by atoms with Gasteiger partial charge < -0.3 is 9.47 Å². The van der Waals surface area contributed by atoms with Crippen LogP contribution in [-0.4, -0.2) is 35.9 Å². The molecule has 0 aliphatic carbocycles. The van der Waals surface area contributed by atoms with Crippen molar-refractivity contribution in [3.05, 3.63) is 59.7 Å². The third kappa shape index (κ3) is 4.43. The summed E-state index contributed by atoms with van der Waals surface area (Å²) in [6, 6.07) is 13.6. The zero-order valence-electron chi connectivity index (χ0n) is 15.0. The maximum atomic E-state index is 12.2. The van der Waals surface area contributed by atoms with Crippen LogP contribution in [0.25, 0.3) is 0 Å². The monoisotopic (exact) mass is 372 g/mol. The van der Waals surface area contributed by atoms with Crippen LogP contribution in [0.2, 0.25) is 0 Å². The quantitative estimate of drug-likeness (QED) is 0.753. The number of methoxy groups -OCH3 is 1. The van der Waals surface area contributed by atoms with E-state index in [4.69, 9.17) is 10.8 Å². The number of Topliss-reactive ketones (excluding diaryl/α,β-unsaturated/α-hetero) is 1. The van der Waals surface area contributed by atoms with Crippen molar-refractivity contribution >= 4 is 28.7 Å². The molecule has 0 aromatic heterocycles. The number of carbonyl (C=O) groups is 3. The van der Waals surface area contributed by atoms with Crippen molar-refractivity contribution < 1.29 is 25.2 Å². The molecule has 1 saturated heterocycles. The molecule has 1 unspecified atom stereocenters. The second-order valence-corrected chi connectivity index (χ2v) is 6.60. The van der Waals surface area contributed by atoms with E-state index in [9.17, 15) is 14.4 Å². The first-order valence-electron chi connectivity index (χ1n) is 8.33. The molecule has 134 valence electrons. The average molecular weight is 372 g/mol. The van der Waals surface area contributed by atoms with Gasteiger partial charge in [-0.1, -0.05) is 36.0 Å². The number of hydrogen-bond donors (Lipinski definition) is 1. The Kier molecular flexibility index (Phi) is 5.16. The highest BCUT2D eigenvalue weighted by atomic mass is 32.2. The Morgan fingerprint density at radius 3 is 2.62 bits per heavy atom. The molecule has 1 N–H and O–H groups in total. The minimum absolute atomic E-state index is 0.0955. The van der Waals surface area contributed by atoms with Crippen LogP contribution >= 0.6 is 11.8 Å². The predicted octanol–water partition coefficient (Wildman–Crippen LogP) is 2.85. The van der Waals surface area contributed by atoms with Crippen molar-refractivity contribution in [3.63, 3.8) is 0 Å². The number of benzene rings is 2. The maximum absolute atomic E-state index is 12.2. The molecule has 0 spiro atoms. The molecule has 2 aromatic carbocycles. The molecule has 6 nitrogen and oxygen atoms in total. The van der Waals surface area contributed by atoms with Crippen LogP contribution in [0.15, 0.2) is 48.5 Å². The molecule has 26 heavy (non-hydrogen) atoms. The predicted molar refractivity (Wildman–Crippen MR) is 97.9 cm³/mol. The Hall–Kier alpha value is -2.80. The average Bonchev–Trinajstić information content (AvgIpc) is 2.92. The fraction of sp³-hybridized carbons (Fsp3) is 0.211. The lowest BCUT2D eigenvalue weighted by Crippen LogP contribution is -2.25. The van der Waals surface area contributed by atoms with Gasteiger partial charge in [-0.05, 0) is 36.2 Å². The van der Waals surface area contributed by atoms with Gasteiger partial charge in [0.05, 0.1) is 13.7 Å². The molecule has 0 radical (unpaired) electrons. The summed E-state index contributed by atoms with van der Waals surface area (Å²) < 4.78 is 18.7. The van der Waals surface area contributed by atoms with Crippen LogP contribution in [0.1, 0.15) is 17.3 Å². The van der Waals surface area contributed by atoms with Crippen LogP contribution in [0, 0.1) is 0 Å². The molecule has 1 heterocycles. The van der Waals surface area contributed by atoms with E-state index in [2.05, 4.69) is 5.32 Å². The molecule has 0 saturated carbocycles. The molecule has 3 rings (SSSR count).